The van der Waals surface area contributed by atoms with Gasteiger partial charge in [-0.2, -0.15) is 0 Å². The zero-order chi connectivity index (χ0) is 21.6. The number of likely N-dealkylation sites (tertiary alicyclic amines) is 1. The molecule has 1 fully saturated rings. The number of ether oxygens (including phenoxy) is 1. The van der Waals surface area contributed by atoms with Crippen LogP contribution in [0.2, 0.25) is 0 Å². The van der Waals surface area contributed by atoms with Crippen LogP contribution in [-0.2, 0) is 17.8 Å². The summed E-state index contributed by atoms with van der Waals surface area (Å²) in [5.41, 5.74) is 2.24. The van der Waals surface area contributed by atoms with Gasteiger partial charge in [0.15, 0.2) is 11.0 Å². The molecule has 2 aromatic carbocycles. The molecule has 1 amide bonds. The highest BCUT2D eigenvalue weighted by atomic mass is 32.2. The Hall–Kier alpha value is -2.80. The number of nitrogens with zero attached hydrogens (tertiary/aromatic N) is 4. The molecule has 6 nitrogen and oxygen atoms in total. The van der Waals surface area contributed by atoms with Gasteiger partial charge in [-0.25, -0.2) is 0 Å². The summed E-state index contributed by atoms with van der Waals surface area (Å²) in [6.07, 6.45) is 3.06. The third-order valence-corrected chi connectivity index (χ3v) is 6.65. The Balaban J connectivity index is 1.58. The molecule has 1 aliphatic rings. The summed E-state index contributed by atoms with van der Waals surface area (Å²) in [4.78, 5) is 14.8. The van der Waals surface area contributed by atoms with Crippen molar-refractivity contribution in [3.63, 3.8) is 0 Å². The molecule has 2 heterocycles. The van der Waals surface area contributed by atoms with Gasteiger partial charge in [-0.15, -0.1) is 10.2 Å². The number of amides is 1. The number of carbonyl (C=O) groups excluding carboxylic acids is 1. The molecule has 0 N–H and O–H groups in total. The first kappa shape index (κ1) is 21.4. The van der Waals surface area contributed by atoms with Crippen LogP contribution in [-0.4, -0.2) is 51.0 Å². The minimum atomic E-state index is -0.193. The second-order valence-electron chi connectivity index (χ2n) is 7.71. The zero-order valence-corrected chi connectivity index (χ0v) is 18.8. The van der Waals surface area contributed by atoms with E-state index in [1.54, 1.807) is 7.11 Å². The van der Waals surface area contributed by atoms with E-state index < -0.39 is 0 Å². The van der Waals surface area contributed by atoms with Gasteiger partial charge in [-0.3, -0.25) is 4.79 Å². The first-order chi connectivity index (χ1) is 15.2. The predicted octanol–water partition coefficient (Wildman–Crippen LogP) is 4.30. The molecule has 4 rings (SSSR count). The lowest BCUT2D eigenvalue weighted by atomic mass is 10.1. The highest BCUT2D eigenvalue weighted by molar-refractivity contribution is 8.00. The van der Waals surface area contributed by atoms with Crippen molar-refractivity contribution in [3.8, 4) is 17.1 Å². The van der Waals surface area contributed by atoms with E-state index in [0.717, 1.165) is 61.2 Å². The summed E-state index contributed by atoms with van der Waals surface area (Å²) in [7, 11) is 1.66. The smallest absolute Gasteiger partial charge is 0.235 e. The van der Waals surface area contributed by atoms with Gasteiger partial charge >= 0.3 is 0 Å². The third kappa shape index (κ3) is 5.10. The molecule has 0 aliphatic carbocycles. The number of carbonyl (C=O) groups is 1. The first-order valence-electron chi connectivity index (χ1n) is 10.7. The lowest BCUT2D eigenvalue weighted by Crippen LogP contribution is -2.34. The summed E-state index contributed by atoms with van der Waals surface area (Å²) in [5.74, 6) is 1.80. The topological polar surface area (TPSA) is 60.3 Å². The van der Waals surface area contributed by atoms with E-state index in [1.807, 2.05) is 42.2 Å². The number of aromatic nitrogens is 3. The van der Waals surface area contributed by atoms with E-state index in [2.05, 4.69) is 39.0 Å². The first-order valence-corrected chi connectivity index (χ1v) is 11.6. The van der Waals surface area contributed by atoms with Crippen LogP contribution < -0.4 is 4.74 Å². The standard InChI is InChI=1S/C24H28N4O2S/c1-18(23(29)27-15-6-7-16-27)31-24-26-25-22(20-10-12-21(30-2)13-11-20)28(24)17-14-19-8-4-3-5-9-19/h3-5,8-13,18H,6-7,14-17H2,1-2H3/t18-/m0/s1. The molecule has 1 saturated heterocycles. The fourth-order valence-electron chi connectivity index (χ4n) is 3.82. The van der Waals surface area contributed by atoms with Crippen molar-refractivity contribution in [2.45, 2.75) is 43.1 Å². The van der Waals surface area contributed by atoms with E-state index in [9.17, 15) is 4.79 Å². The number of hydrogen-bond acceptors (Lipinski definition) is 5. The zero-order valence-electron chi connectivity index (χ0n) is 18.0. The Morgan fingerprint density at radius 3 is 2.45 bits per heavy atom. The van der Waals surface area contributed by atoms with Gasteiger partial charge < -0.3 is 14.2 Å². The maximum absolute atomic E-state index is 12.8. The molecule has 0 spiro atoms. The summed E-state index contributed by atoms with van der Waals surface area (Å²) >= 11 is 1.50. The monoisotopic (exact) mass is 436 g/mol. The van der Waals surface area contributed by atoms with Crippen LogP contribution in [0.3, 0.4) is 0 Å². The van der Waals surface area contributed by atoms with Crippen molar-refractivity contribution in [3.05, 3.63) is 60.2 Å². The molecule has 162 valence electrons. The van der Waals surface area contributed by atoms with E-state index in [0.29, 0.717) is 0 Å². The number of rotatable bonds is 8. The van der Waals surface area contributed by atoms with Gasteiger partial charge in [-0.05, 0) is 56.0 Å². The largest absolute Gasteiger partial charge is 0.497 e. The number of methoxy groups -OCH3 is 1. The maximum Gasteiger partial charge on any atom is 0.235 e. The van der Waals surface area contributed by atoms with E-state index >= 15 is 0 Å². The summed E-state index contributed by atoms with van der Waals surface area (Å²) in [5, 5.41) is 9.55. The van der Waals surface area contributed by atoms with Crippen LogP contribution in [0.4, 0.5) is 0 Å². The van der Waals surface area contributed by atoms with E-state index in [1.165, 1.54) is 17.3 Å². The number of aryl methyl sites for hydroxylation is 1. The Morgan fingerprint density at radius 2 is 1.77 bits per heavy atom. The van der Waals surface area contributed by atoms with Crippen LogP contribution in [0.25, 0.3) is 11.4 Å². The van der Waals surface area contributed by atoms with E-state index in [-0.39, 0.29) is 11.2 Å². The molecule has 0 bridgehead atoms. The molecular weight excluding hydrogens is 408 g/mol. The molecule has 1 atom stereocenters. The molecule has 0 saturated carbocycles. The molecule has 0 radical (unpaired) electrons. The summed E-state index contributed by atoms with van der Waals surface area (Å²) in [6.45, 7) is 4.43. The second kappa shape index (κ2) is 10.0. The number of benzene rings is 2. The van der Waals surface area contributed by atoms with Gasteiger partial charge in [0.1, 0.15) is 5.75 Å². The molecule has 0 unspecified atom stereocenters. The third-order valence-electron chi connectivity index (χ3n) is 5.58. The van der Waals surface area contributed by atoms with E-state index in [4.69, 9.17) is 4.74 Å². The average molecular weight is 437 g/mol. The van der Waals surface area contributed by atoms with Gasteiger partial charge in [0.2, 0.25) is 5.91 Å². The van der Waals surface area contributed by atoms with Crippen LogP contribution in [0.5, 0.6) is 5.75 Å². The Bertz CT molecular complexity index is 998. The lowest BCUT2D eigenvalue weighted by Gasteiger charge is -2.20. The molecule has 1 aromatic heterocycles. The highest BCUT2D eigenvalue weighted by Crippen LogP contribution is 2.29. The Labute approximate surface area is 187 Å². The van der Waals surface area contributed by atoms with Crippen molar-refractivity contribution in [1.82, 2.24) is 19.7 Å². The highest BCUT2D eigenvalue weighted by Gasteiger charge is 2.26. The minimum absolute atomic E-state index is 0.186. The molecule has 3 aromatic rings. The van der Waals surface area contributed by atoms with Gasteiger partial charge in [-0.1, -0.05) is 42.1 Å². The summed E-state index contributed by atoms with van der Waals surface area (Å²) < 4.78 is 7.42. The van der Waals surface area contributed by atoms with Crippen molar-refractivity contribution in [1.29, 1.82) is 0 Å². The average Bonchev–Trinajstić information content (AvgIpc) is 3.48. The minimum Gasteiger partial charge on any atom is -0.497 e. The van der Waals surface area contributed by atoms with Gasteiger partial charge in [0, 0.05) is 25.2 Å². The Kier molecular flexibility index (Phi) is 6.92. The number of hydrogen-bond donors (Lipinski definition) is 0. The quantitative estimate of drug-likeness (QED) is 0.493. The van der Waals surface area contributed by atoms with Gasteiger partial charge in [0.25, 0.3) is 0 Å². The van der Waals surface area contributed by atoms with Crippen molar-refractivity contribution in [2.75, 3.05) is 20.2 Å². The second-order valence-corrected chi connectivity index (χ2v) is 9.02. The van der Waals surface area contributed by atoms with Crippen LogP contribution >= 0.6 is 11.8 Å². The molecule has 1 aliphatic heterocycles. The Morgan fingerprint density at radius 1 is 1.06 bits per heavy atom. The molecular formula is C24H28N4O2S. The lowest BCUT2D eigenvalue weighted by molar-refractivity contribution is -0.129. The van der Waals surface area contributed by atoms with Crippen molar-refractivity contribution in [2.24, 2.45) is 0 Å². The predicted molar refractivity (Wildman–Crippen MR) is 123 cm³/mol. The fraction of sp³-hybridized carbons (Fsp3) is 0.375. The molecule has 7 heteroatoms. The molecule has 31 heavy (non-hydrogen) atoms. The normalized spacial score (nSPS) is 14.6. The van der Waals surface area contributed by atoms with Crippen LogP contribution in [0.1, 0.15) is 25.3 Å². The number of thioether (sulfide) groups is 1. The SMILES string of the molecule is COc1ccc(-c2nnc(S[C@@H](C)C(=O)N3CCCC3)n2CCc2ccccc2)cc1. The van der Waals surface area contributed by atoms with Gasteiger partial charge in [0.05, 0.1) is 12.4 Å². The van der Waals surface area contributed by atoms with Crippen molar-refractivity contribution < 1.29 is 9.53 Å². The van der Waals surface area contributed by atoms with Crippen LogP contribution in [0.15, 0.2) is 59.8 Å². The summed E-state index contributed by atoms with van der Waals surface area (Å²) in [6, 6.07) is 18.2. The van der Waals surface area contributed by atoms with Crippen molar-refractivity contribution >= 4 is 17.7 Å². The maximum atomic E-state index is 12.8. The van der Waals surface area contributed by atoms with Crippen LogP contribution in [0, 0.1) is 0 Å². The fourth-order valence-corrected chi connectivity index (χ4v) is 4.78.